The molecule has 2 rings (SSSR count). The zero-order valence-corrected chi connectivity index (χ0v) is 10.9. The molecule has 1 heterocycles. The molecule has 1 aromatic heterocycles. The second-order valence-electron chi connectivity index (χ2n) is 4.32. The lowest BCUT2D eigenvalue weighted by Crippen LogP contribution is -2.00. The first kappa shape index (κ1) is 14.0. The number of hydrogen-bond acceptors (Lipinski definition) is 4. The van der Waals surface area contributed by atoms with Crippen LogP contribution in [0, 0.1) is 17.1 Å². The average Bonchev–Trinajstić information content (AvgIpc) is 2.46. The van der Waals surface area contributed by atoms with Gasteiger partial charge in [0, 0.05) is 6.20 Å². The summed E-state index contributed by atoms with van der Waals surface area (Å²) in [7, 11) is 0. The maximum Gasteiger partial charge on any atom is 0.165 e. The zero-order chi connectivity index (χ0) is 14.5. The largest absolute Gasteiger partial charge is 0.486 e. The Balaban J connectivity index is 2.09. The summed E-state index contributed by atoms with van der Waals surface area (Å²) in [6.45, 7) is 1.71. The van der Waals surface area contributed by atoms with Crippen molar-refractivity contribution in [2.24, 2.45) is 0 Å². The minimum atomic E-state index is -0.725. The molecule has 1 aromatic carbocycles. The van der Waals surface area contributed by atoms with Gasteiger partial charge in [-0.2, -0.15) is 5.26 Å². The molecule has 4 nitrogen and oxygen atoms in total. The molecule has 0 aliphatic rings. The molecule has 0 bridgehead atoms. The summed E-state index contributed by atoms with van der Waals surface area (Å²) in [4.78, 5) is 3.84. The Morgan fingerprint density at radius 1 is 1.40 bits per heavy atom. The molecule has 0 saturated heterocycles. The van der Waals surface area contributed by atoms with E-state index < -0.39 is 11.9 Å². The van der Waals surface area contributed by atoms with Crippen LogP contribution >= 0.6 is 0 Å². The second-order valence-corrected chi connectivity index (χ2v) is 4.32. The number of nitrogens with zero attached hydrogens (tertiary/aromatic N) is 2. The summed E-state index contributed by atoms with van der Waals surface area (Å²) in [5.41, 5.74) is 1.51. The number of halogens is 1. The van der Waals surface area contributed by atoms with Gasteiger partial charge in [-0.25, -0.2) is 9.37 Å². The van der Waals surface area contributed by atoms with Crippen LogP contribution < -0.4 is 4.74 Å². The van der Waals surface area contributed by atoms with Crippen LogP contribution in [0.25, 0.3) is 0 Å². The van der Waals surface area contributed by atoms with E-state index in [1.165, 1.54) is 18.3 Å². The van der Waals surface area contributed by atoms with Gasteiger partial charge in [-0.15, -0.1) is 0 Å². The number of benzene rings is 1. The fourth-order valence-corrected chi connectivity index (χ4v) is 1.68. The highest BCUT2D eigenvalue weighted by molar-refractivity contribution is 5.31. The number of aliphatic hydroxyl groups excluding tert-OH is 1. The van der Waals surface area contributed by atoms with Crippen molar-refractivity contribution >= 4 is 0 Å². The molecule has 1 N–H and O–H groups in total. The number of nitriles is 1. The highest BCUT2D eigenvalue weighted by atomic mass is 19.1. The average molecular weight is 272 g/mol. The number of aromatic nitrogens is 1. The van der Waals surface area contributed by atoms with Crippen molar-refractivity contribution in [2.45, 2.75) is 19.6 Å². The first-order valence-corrected chi connectivity index (χ1v) is 6.05. The van der Waals surface area contributed by atoms with E-state index in [9.17, 15) is 9.50 Å². The second kappa shape index (κ2) is 6.13. The van der Waals surface area contributed by atoms with Crippen LogP contribution in [-0.4, -0.2) is 10.1 Å². The fourth-order valence-electron chi connectivity index (χ4n) is 1.68. The van der Waals surface area contributed by atoms with Crippen LogP contribution in [0.4, 0.5) is 4.39 Å². The number of hydrogen-bond donors (Lipinski definition) is 1. The molecule has 0 aliphatic heterocycles. The molecule has 0 saturated carbocycles. The molecule has 0 unspecified atom stereocenters. The van der Waals surface area contributed by atoms with Crippen molar-refractivity contribution in [3.05, 3.63) is 59.2 Å². The molecule has 0 fully saturated rings. The highest BCUT2D eigenvalue weighted by Crippen LogP contribution is 2.22. The minimum absolute atomic E-state index is 0.102. The highest BCUT2D eigenvalue weighted by Gasteiger charge is 2.08. The summed E-state index contributed by atoms with van der Waals surface area (Å²) in [5.74, 6) is -0.428. The fraction of sp³-hybridized carbons (Fsp3) is 0.200. The predicted octanol–water partition coefficient (Wildman–Crippen LogP) is 2.72. The Morgan fingerprint density at radius 3 is 2.85 bits per heavy atom. The molecule has 20 heavy (non-hydrogen) atoms. The molecule has 0 spiro atoms. The van der Waals surface area contributed by atoms with Gasteiger partial charge in [0.25, 0.3) is 0 Å². The minimum Gasteiger partial charge on any atom is -0.486 e. The van der Waals surface area contributed by atoms with Crippen LogP contribution in [0.15, 0.2) is 36.5 Å². The van der Waals surface area contributed by atoms with E-state index in [1.54, 1.807) is 25.1 Å². The molecule has 0 aliphatic carbocycles. The lowest BCUT2D eigenvalue weighted by atomic mass is 10.1. The van der Waals surface area contributed by atoms with Crippen LogP contribution in [0.1, 0.15) is 29.8 Å². The normalized spacial score (nSPS) is 11.7. The quantitative estimate of drug-likeness (QED) is 0.929. The van der Waals surface area contributed by atoms with Crippen molar-refractivity contribution in [2.75, 3.05) is 0 Å². The van der Waals surface area contributed by atoms with Crippen LogP contribution in [0.2, 0.25) is 0 Å². The van der Waals surface area contributed by atoms with Gasteiger partial charge in [0.05, 0.1) is 6.10 Å². The van der Waals surface area contributed by atoms with Gasteiger partial charge in [0.2, 0.25) is 0 Å². The van der Waals surface area contributed by atoms with Gasteiger partial charge in [-0.1, -0.05) is 6.07 Å². The number of ether oxygens (including phenoxy) is 1. The van der Waals surface area contributed by atoms with Gasteiger partial charge >= 0.3 is 0 Å². The van der Waals surface area contributed by atoms with Crippen molar-refractivity contribution in [3.8, 4) is 11.8 Å². The number of aliphatic hydroxyl groups is 1. The van der Waals surface area contributed by atoms with Gasteiger partial charge < -0.3 is 9.84 Å². The maximum absolute atomic E-state index is 13.8. The van der Waals surface area contributed by atoms with Gasteiger partial charge in [-0.3, -0.25) is 0 Å². The molecule has 1 atom stereocenters. The Bertz CT molecular complexity index is 651. The van der Waals surface area contributed by atoms with Crippen molar-refractivity contribution in [1.29, 1.82) is 5.26 Å². The summed E-state index contributed by atoms with van der Waals surface area (Å²) in [5, 5.41) is 18.1. The molecule has 0 amide bonds. The predicted molar refractivity (Wildman–Crippen MR) is 70.3 cm³/mol. The Labute approximate surface area is 116 Å². The molecule has 5 heteroatoms. The number of rotatable bonds is 4. The lowest BCUT2D eigenvalue weighted by Gasteiger charge is -2.10. The standard InChI is InChI=1S/C15H13FN2O2/c1-10(19)12-2-3-15(14(16)7-12)20-9-11-4-5-18-13(6-11)8-17/h2-7,10,19H,9H2,1H3/t10-/m0/s1. The van der Waals surface area contributed by atoms with E-state index in [1.807, 2.05) is 6.07 Å². The van der Waals surface area contributed by atoms with E-state index in [0.717, 1.165) is 5.56 Å². The van der Waals surface area contributed by atoms with Crippen molar-refractivity contribution in [3.63, 3.8) is 0 Å². The third kappa shape index (κ3) is 3.31. The monoisotopic (exact) mass is 272 g/mol. The van der Waals surface area contributed by atoms with Crippen LogP contribution in [0.3, 0.4) is 0 Å². The third-order valence-electron chi connectivity index (χ3n) is 2.77. The Kier molecular flexibility index (Phi) is 4.28. The Hall–Kier alpha value is -2.45. The summed E-state index contributed by atoms with van der Waals surface area (Å²) >= 11 is 0. The SMILES string of the molecule is C[C@H](O)c1ccc(OCc2ccnc(C#N)c2)c(F)c1. The summed E-state index contributed by atoms with van der Waals surface area (Å²) in [6, 6.07) is 9.54. The molecule has 0 radical (unpaired) electrons. The van der Waals surface area contributed by atoms with E-state index >= 15 is 0 Å². The smallest absolute Gasteiger partial charge is 0.165 e. The first-order chi connectivity index (χ1) is 9.60. The molecular formula is C15H13FN2O2. The first-order valence-electron chi connectivity index (χ1n) is 6.05. The third-order valence-corrected chi connectivity index (χ3v) is 2.77. The molecule has 2 aromatic rings. The van der Waals surface area contributed by atoms with E-state index in [-0.39, 0.29) is 18.1 Å². The van der Waals surface area contributed by atoms with Gasteiger partial charge in [-0.05, 0) is 42.3 Å². The summed E-state index contributed by atoms with van der Waals surface area (Å²) in [6.07, 6.45) is 0.779. The lowest BCUT2D eigenvalue weighted by molar-refractivity contribution is 0.198. The topological polar surface area (TPSA) is 66.1 Å². The zero-order valence-electron chi connectivity index (χ0n) is 10.9. The van der Waals surface area contributed by atoms with Gasteiger partial charge in [0.1, 0.15) is 18.4 Å². The molecule has 102 valence electrons. The van der Waals surface area contributed by atoms with Crippen molar-refractivity contribution in [1.82, 2.24) is 4.98 Å². The van der Waals surface area contributed by atoms with E-state index in [0.29, 0.717) is 5.56 Å². The van der Waals surface area contributed by atoms with Crippen LogP contribution in [-0.2, 0) is 6.61 Å². The maximum atomic E-state index is 13.8. The number of pyridine rings is 1. The van der Waals surface area contributed by atoms with E-state index in [4.69, 9.17) is 10.00 Å². The Morgan fingerprint density at radius 2 is 2.20 bits per heavy atom. The van der Waals surface area contributed by atoms with E-state index in [2.05, 4.69) is 4.98 Å². The summed E-state index contributed by atoms with van der Waals surface area (Å²) < 4.78 is 19.1. The molecular weight excluding hydrogens is 259 g/mol. The van der Waals surface area contributed by atoms with Gasteiger partial charge in [0.15, 0.2) is 11.6 Å². The van der Waals surface area contributed by atoms with Crippen LogP contribution in [0.5, 0.6) is 5.75 Å². The van der Waals surface area contributed by atoms with Crippen molar-refractivity contribution < 1.29 is 14.2 Å².